The van der Waals surface area contributed by atoms with Crippen LogP contribution < -0.4 is 5.43 Å². The van der Waals surface area contributed by atoms with Crippen LogP contribution in [0.2, 0.25) is 10.0 Å². The van der Waals surface area contributed by atoms with Crippen molar-refractivity contribution >= 4 is 45.3 Å². The second-order valence-corrected chi connectivity index (χ2v) is 9.81. The number of carbonyl (C=O) groups is 1. The van der Waals surface area contributed by atoms with Crippen LogP contribution in [-0.4, -0.2) is 31.4 Å². The summed E-state index contributed by atoms with van der Waals surface area (Å²) in [5.74, 6) is -0.585. The topological polar surface area (TPSA) is 78.8 Å². The highest BCUT2D eigenvalue weighted by molar-refractivity contribution is 7.89. The number of hydrogen-bond acceptors (Lipinski definition) is 4. The maximum absolute atomic E-state index is 13.2. The van der Waals surface area contributed by atoms with E-state index in [4.69, 9.17) is 23.2 Å². The van der Waals surface area contributed by atoms with Crippen LogP contribution in [0.1, 0.15) is 16.7 Å². The average molecular weight is 490 g/mol. The van der Waals surface area contributed by atoms with Gasteiger partial charge in [0.1, 0.15) is 0 Å². The highest BCUT2D eigenvalue weighted by Gasteiger charge is 2.26. The van der Waals surface area contributed by atoms with Gasteiger partial charge in [-0.1, -0.05) is 77.3 Å². The molecule has 0 atom stereocenters. The van der Waals surface area contributed by atoms with E-state index in [2.05, 4.69) is 10.5 Å². The summed E-state index contributed by atoms with van der Waals surface area (Å²) in [5, 5.41) is 4.74. The lowest BCUT2D eigenvalue weighted by Gasteiger charge is -2.21. The van der Waals surface area contributed by atoms with E-state index in [1.54, 1.807) is 42.5 Å². The van der Waals surface area contributed by atoms with Gasteiger partial charge in [-0.15, -0.1) is 0 Å². The highest BCUT2D eigenvalue weighted by Crippen LogP contribution is 2.20. The van der Waals surface area contributed by atoms with E-state index >= 15 is 0 Å². The molecule has 0 unspecified atom stereocenters. The fourth-order valence-corrected chi connectivity index (χ4v) is 4.69. The van der Waals surface area contributed by atoms with Crippen molar-refractivity contribution in [2.75, 3.05) is 6.54 Å². The number of aryl methyl sites for hydroxylation is 1. The minimum atomic E-state index is -3.91. The Labute approximate surface area is 197 Å². The summed E-state index contributed by atoms with van der Waals surface area (Å²) in [5.41, 5.74) is 4.61. The molecule has 0 heterocycles. The summed E-state index contributed by atoms with van der Waals surface area (Å²) in [7, 11) is -3.91. The molecule has 166 valence electrons. The first-order valence-electron chi connectivity index (χ1n) is 9.63. The zero-order valence-electron chi connectivity index (χ0n) is 17.2. The molecule has 32 heavy (non-hydrogen) atoms. The summed E-state index contributed by atoms with van der Waals surface area (Å²) >= 11 is 11.9. The van der Waals surface area contributed by atoms with Crippen molar-refractivity contribution in [2.24, 2.45) is 5.10 Å². The third-order valence-electron chi connectivity index (χ3n) is 4.54. The molecule has 1 amide bonds. The molecule has 3 rings (SSSR count). The third kappa shape index (κ3) is 6.40. The van der Waals surface area contributed by atoms with Crippen molar-refractivity contribution in [3.05, 3.63) is 99.5 Å². The molecular weight excluding hydrogens is 469 g/mol. The van der Waals surface area contributed by atoms with Crippen molar-refractivity contribution in [3.8, 4) is 0 Å². The van der Waals surface area contributed by atoms with E-state index in [9.17, 15) is 13.2 Å². The van der Waals surface area contributed by atoms with Crippen molar-refractivity contribution in [2.45, 2.75) is 18.4 Å². The Hall–Kier alpha value is -2.71. The number of halogens is 2. The van der Waals surface area contributed by atoms with Gasteiger partial charge in [0.05, 0.1) is 22.7 Å². The number of nitrogens with zero attached hydrogens (tertiary/aromatic N) is 2. The fraction of sp³-hybridized carbons (Fsp3) is 0.130. The van der Waals surface area contributed by atoms with Crippen LogP contribution >= 0.6 is 23.2 Å². The standard InChI is InChI=1S/C23H21Cl2N3O3S/c1-17-7-11-21(12-8-17)32(30,31)28(15-18-5-3-2-4-6-18)16-23(29)27-26-14-19-9-10-20(24)13-22(19)25/h2-14H,15-16H2,1H3,(H,27,29)/b26-14-. The fourth-order valence-electron chi connectivity index (χ4n) is 2.85. The summed E-state index contributed by atoms with van der Waals surface area (Å²) in [6, 6.07) is 20.4. The minimum absolute atomic E-state index is 0.0389. The maximum Gasteiger partial charge on any atom is 0.255 e. The van der Waals surface area contributed by atoms with Gasteiger partial charge in [0.25, 0.3) is 5.91 Å². The molecule has 0 aromatic heterocycles. The molecule has 9 heteroatoms. The highest BCUT2D eigenvalue weighted by atomic mass is 35.5. The second kappa shape index (κ2) is 10.7. The van der Waals surface area contributed by atoms with Gasteiger partial charge in [-0.25, -0.2) is 13.8 Å². The van der Waals surface area contributed by atoms with Gasteiger partial charge in [-0.3, -0.25) is 4.79 Å². The largest absolute Gasteiger partial charge is 0.272 e. The number of rotatable bonds is 8. The maximum atomic E-state index is 13.2. The normalized spacial score (nSPS) is 11.8. The number of carbonyl (C=O) groups excluding carboxylic acids is 1. The second-order valence-electron chi connectivity index (χ2n) is 7.03. The molecule has 0 saturated carbocycles. The van der Waals surface area contributed by atoms with Crippen LogP contribution in [-0.2, 0) is 21.4 Å². The third-order valence-corrected chi connectivity index (χ3v) is 6.90. The number of nitrogens with one attached hydrogen (secondary N) is 1. The van der Waals surface area contributed by atoms with Gasteiger partial charge < -0.3 is 0 Å². The van der Waals surface area contributed by atoms with E-state index in [0.717, 1.165) is 15.4 Å². The number of hydrogen-bond donors (Lipinski definition) is 1. The minimum Gasteiger partial charge on any atom is -0.272 e. The molecule has 0 aliphatic heterocycles. The summed E-state index contributed by atoms with van der Waals surface area (Å²) in [6.45, 7) is 1.50. The Bertz CT molecular complexity index is 1210. The SMILES string of the molecule is Cc1ccc(S(=O)(=O)N(CC(=O)N/N=C\c2ccc(Cl)cc2Cl)Cc2ccccc2)cc1. The molecule has 0 saturated heterocycles. The first-order valence-corrected chi connectivity index (χ1v) is 11.8. The predicted molar refractivity (Wildman–Crippen MR) is 127 cm³/mol. The van der Waals surface area contributed by atoms with E-state index in [0.29, 0.717) is 15.6 Å². The number of hydrazone groups is 1. The molecule has 0 aliphatic rings. The number of amides is 1. The van der Waals surface area contributed by atoms with Gasteiger partial charge in [0.2, 0.25) is 10.0 Å². The average Bonchev–Trinajstić information content (AvgIpc) is 2.76. The lowest BCUT2D eigenvalue weighted by molar-refractivity contribution is -0.121. The van der Waals surface area contributed by atoms with Gasteiger partial charge in [0, 0.05) is 17.1 Å². The van der Waals surface area contributed by atoms with E-state index < -0.39 is 22.5 Å². The van der Waals surface area contributed by atoms with E-state index in [1.165, 1.54) is 18.3 Å². The Kier molecular flexibility index (Phi) is 8.04. The molecule has 0 radical (unpaired) electrons. The van der Waals surface area contributed by atoms with Crippen molar-refractivity contribution < 1.29 is 13.2 Å². The quantitative estimate of drug-likeness (QED) is 0.369. The molecule has 3 aromatic carbocycles. The molecular formula is C23H21Cl2N3O3S. The van der Waals surface area contributed by atoms with Gasteiger partial charge in [-0.2, -0.15) is 9.41 Å². The van der Waals surface area contributed by atoms with E-state index in [-0.39, 0.29) is 11.4 Å². The monoisotopic (exact) mass is 489 g/mol. The molecule has 6 nitrogen and oxygen atoms in total. The molecule has 0 aliphatic carbocycles. The van der Waals surface area contributed by atoms with Crippen LogP contribution in [0.15, 0.2) is 82.8 Å². The van der Waals surface area contributed by atoms with Crippen LogP contribution in [0.3, 0.4) is 0 Å². The number of benzene rings is 3. The zero-order chi connectivity index (χ0) is 23.1. The zero-order valence-corrected chi connectivity index (χ0v) is 19.5. The Morgan fingerprint density at radius 3 is 2.38 bits per heavy atom. The molecule has 0 bridgehead atoms. The van der Waals surface area contributed by atoms with Crippen molar-refractivity contribution in [3.63, 3.8) is 0 Å². The summed E-state index contributed by atoms with van der Waals surface area (Å²) < 4.78 is 27.6. The Morgan fingerprint density at radius 1 is 1.03 bits per heavy atom. The van der Waals surface area contributed by atoms with E-state index in [1.807, 2.05) is 25.1 Å². The Morgan fingerprint density at radius 2 is 1.72 bits per heavy atom. The van der Waals surface area contributed by atoms with Crippen molar-refractivity contribution in [1.82, 2.24) is 9.73 Å². The smallest absolute Gasteiger partial charge is 0.255 e. The Balaban J connectivity index is 1.78. The van der Waals surface area contributed by atoms with Crippen molar-refractivity contribution in [1.29, 1.82) is 0 Å². The first-order chi connectivity index (χ1) is 15.3. The molecule has 1 N–H and O–H groups in total. The number of sulfonamides is 1. The van der Waals surface area contributed by atoms with Crippen LogP contribution in [0, 0.1) is 6.92 Å². The first kappa shape index (κ1) is 23.9. The van der Waals surface area contributed by atoms with Gasteiger partial charge in [0.15, 0.2) is 0 Å². The van der Waals surface area contributed by atoms with Gasteiger partial charge >= 0.3 is 0 Å². The van der Waals surface area contributed by atoms with Crippen LogP contribution in [0.25, 0.3) is 0 Å². The van der Waals surface area contributed by atoms with Crippen LogP contribution in [0.4, 0.5) is 0 Å². The van der Waals surface area contributed by atoms with Gasteiger partial charge in [-0.05, 0) is 36.8 Å². The lowest BCUT2D eigenvalue weighted by Crippen LogP contribution is -2.39. The molecule has 3 aromatic rings. The summed E-state index contributed by atoms with van der Waals surface area (Å²) in [6.07, 6.45) is 1.37. The lowest BCUT2D eigenvalue weighted by atomic mass is 10.2. The predicted octanol–water partition coefficient (Wildman–Crippen LogP) is 4.64. The molecule has 0 spiro atoms. The summed E-state index contributed by atoms with van der Waals surface area (Å²) in [4.78, 5) is 12.6. The molecule has 0 fully saturated rings. The van der Waals surface area contributed by atoms with Crippen LogP contribution in [0.5, 0.6) is 0 Å².